The minimum atomic E-state index is -4.06. The summed E-state index contributed by atoms with van der Waals surface area (Å²) in [6.07, 6.45) is 8.38. The van der Waals surface area contributed by atoms with Gasteiger partial charge in [0.2, 0.25) is 10.0 Å². The van der Waals surface area contributed by atoms with Crippen LogP contribution in [-0.4, -0.2) is 64.2 Å². The number of rotatable bonds is 2. The Hall–Kier alpha value is -2.59. The van der Waals surface area contributed by atoms with E-state index in [1.807, 2.05) is 25.1 Å². The highest BCUT2D eigenvalue weighted by Crippen LogP contribution is 2.46. The molecule has 0 unspecified atom stereocenters. The number of benzene rings is 2. The molecule has 1 amide bonds. The Balaban J connectivity index is 1.42. The van der Waals surface area contributed by atoms with Gasteiger partial charge in [-0.25, -0.2) is 13.1 Å². The second-order valence-electron chi connectivity index (χ2n) is 12.9. The number of nitrogens with one attached hydrogen (secondary N) is 1. The standard InChI is InChI=1S/C33H41ClN2O6S/c1-21-5-3-7-29(37)26-11-8-24(26)17-36-19-33(14-4-6-22-15-25(34)10-12-27(22)33)20-42-30-13-9-23(16-28(30)36)32(38)35-43(39,40)31(21)18-41-2/h3,7,9-10,12-13,15-16,21,24,26,29,31,37H,4-6,8,11,14,17-20H2,1-2H3,(H,35,38)/b7-3-/t21-,24-,26+,29-,31-,33-/m0/s1. The number of hydrogen-bond donors (Lipinski definition) is 2. The fourth-order valence-corrected chi connectivity index (χ4v) is 9.28. The lowest BCUT2D eigenvalue weighted by Crippen LogP contribution is -2.49. The maximum atomic E-state index is 13.5. The molecule has 43 heavy (non-hydrogen) atoms. The van der Waals surface area contributed by atoms with E-state index in [1.54, 1.807) is 18.2 Å². The first-order valence-electron chi connectivity index (χ1n) is 15.3. The molecular formula is C33H41ClN2O6S. The van der Waals surface area contributed by atoms with E-state index in [0.717, 1.165) is 42.8 Å². The molecule has 1 saturated carbocycles. The van der Waals surface area contributed by atoms with E-state index in [0.29, 0.717) is 31.9 Å². The highest BCUT2D eigenvalue weighted by atomic mass is 35.5. The van der Waals surface area contributed by atoms with Crippen LogP contribution in [0.2, 0.25) is 5.02 Å². The smallest absolute Gasteiger partial charge is 0.264 e. The average Bonchev–Trinajstić information content (AvgIpc) is 3.10. The van der Waals surface area contributed by atoms with Crippen molar-refractivity contribution in [3.63, 3.8) is 0 Å². The van der Waals surface area contributed by atoms with Gasteiger partial charge in [0.1, 0.15) is 11.0 Å². The summed E-state index contributed by atoms with van der Waals surface area (Å²) in [6, 6.07) is 11.3. The van der Waals surface area contributed by atoms with E-state index in [4.69, 9.17) is 21.1 Å². The molecule has 0 aromatic heterocycles. The number of fused-ring (bicyclic) bond motifs is 4. The number of amides is 1. The highest BCUT2D eigenvalue weighted by molar-refractivity contribution is 7.90. The molecule has 2 aliphatic heterocycles. The number of hydrogen-bond acceptors (Lipinski definition) is 7. The number of aliphatic hydroxyl groups excluding tert-OH is 1. The number of aryl methyl sites for hydroxylation is 1. The summed E-state index contributed by atoms with van der Waals surface area (Å²) in [6.45, 7) is 3.64. The van der Waals surface area contributed by atoms with Gasteiger partial charge < -0.3 is 19.5 Å². The molecule has 0 radical (unpaired) electrons. The summed E-state index contributed by atoms with van der Waals surface area (Å²) in [5.41, 5.74) is 3.25. The SMILES string of the molecule is COC[C@H]1[C@@H](C)C/C=C\[C@H](O)[C@@H]2CC[C@H]2CN2C[C@@]3(CCCc4cc(Cl)ccc43)COc3ccc(cc32)C(=O)NS1(=O)=O. The molecule has 2 N–H and O–H groups in total. The van der Waals surface area contributed by atoms with Crippen molar-refractivity contribution in [2.75, 3.05) is 38.3 Å². The van der Waals surface area contributed by atoms with Crippen LogP contribution in [0.25, 0.3) is 0 Å². The average molecular weight is 629 g/mol. The van der Waals surface area contributed by atoms with E-state index in [2.05, 4.69) is 21.8 Å². The van der Waals surface area contributed by atoms with Crippen molar-refractivity contribution in [3.05, 3.63) is 70.3 Å². The van der Waals surface area contributed by atoms with Crippen LogP contribution in [0.5, 0.6) is 5.75 Å². The molecule has 1 spiro atoms. The summed E-state index contributed by atoms with van der Waals surface area (Å²) in [5.74, 6) is 0.0259. The number of carbonyl (C=O) groups is 1. The Bertz CT molecular complexity index is 1510. The van der Waals surface area contributed by atoms with Gasteiger partial charge in [0.15, 0.2) is 0 Å². The van der Waals surface area contributed by atoms with Crippen molar-refractivity contribution in [1.29, 1.82) is 0 Å². The number of nitrogens with zero attached hydrogens (tertiary/aromatic N) is 1. The molecular weight excluding hydrogens is 588 g/mol. The van der Waals surface area contributed by atoms with Gasteiger partial charge in [-0.05, 0) is 97.7 Å². The summed E-state index contributed by atoms with van der Waals surface area (Å²) in [7, 11) is -2.61. The zero-order chi connectivity index (χ0) is 30.4. The van der Waals surface area contributed by atoms with Gasteiger partial charge in [-0.3, -0.25) is 4.79 Å². The largest absolute Gasteiger partial charge is 0.490 e. The van der Waals surface area contributed by atoms with Gasteiger partial charge in [-0.2, -0.15) is 0 Å². The molecule has 2 heterocycles. The molecule has 2 aliphatic carbocycles. The Morgan fingerprint density at radius 1 is 1.21 bits per heavy atom. The van der Waals surface area contributed by atoms with E-state index in [1.165, 1.54) is 18.2 Å². The van der Waals surface area contributed by atoms with Crippen molar-refractivity contribution < 1.29 is 27.8 Å². The molecule has 6 rings (SSSR count). The number of carbonyl (C=O) groups excluding carboxylic acids is 1. The number of halogens is 1. The van der Waals surface area contributed by atoms with Gasteiger partial charge in [0, 0.05) is 36.2 Å². The van der Waals surface area contributed by atoms with Crippen LogP contribution in [0, 0.1) is 17.8 Å². The Labute approximate surface area is 259 Å². The second-order valence-corrected chi connectivity index (χ2v) is 15.2. The maximum absolute atomic E-state index is 13.5. The van der Waals surface area contributed by atoms with Gasteiger partial charge in [0.05, 0.1) is 25.0 Å². The van der Waals surface area contributed by atoms with Crippen molar-refractivity contribution >= 4 is 33.2 Å². The zero-order valence-electron chi connectivity index (χ0n) is 24.8. The zero-order valence-corrected chi connectivity index (χ0v) is 26.4. The number of methoxy groups -OCH3 is 1. The molecule has 0 saturated heterocycles. The van der Waals surface area contributed by atoms with Gasteiger partial charge in [-0.15, -0.1) is 0 Å². The van der Waals surface area contributed by atoms with Crippen LogP contribution < -0.4 is 14.4 Å². The highest BCUT2D eigenvalue weighted by Gasteiger charge is 2.44. The lowest BCUT2D eigenvalue weighted by molar-refractivity contribution is 0.0455. The maximum Gasteiger partial charge on any atom is 0.264 e. The second kappa shape index (κ2) is 12.1. The lowest BCUT2D eigenvalue weighted by atomic mass is 9.68. The van der Waals surface area contributed by atoms with Gasteiger partial charge in [0.25, 0.3) is 5.91 Å². The number of anilines is 1. The first-order chi connectivity index (χ1) is 20.6. The predicted octanol–water partition coefficient (Wildman–Crippen LogP) is 4.87. The van der Waals surface area contributed by atoms with Crippen molar-refractivity contribution in [3.8, 4) is 5.75 Å². The fraction of sp³-hybridized carbons (Fsp3) is 0.545. The molecule has 2 aromatic rings. The molecule has 6 atom stereocenters. The van der Waals surface area contributed by atoms with E-state index in [9.17, 15) is 18.3 Å². The monoisotopic (exact) mass is 628 g/mol. The minimum absolute atomic E-state index is 0.0502. The summed E-state index contributed by atoms with van der Waals surface area (Å²) in [5, 5.41) is 11.0. The quantitative estimate of drug-likeness (QED) is 0.457. The normalized spacial score (nSPS) is 32.8. The summed E-state index contributed by atoms with van der Waals surface area (Å²) >= 11 is 6.39. The first kappa shape index (κ1) is 30.4. The first-order valence-corrected chi connectivity index (χ1v) is 17.2. The number of sulfonamides is 1. The summed E-state index contributed by atoms with van der Waals surface area (Å²) in [4.78, 5) is 15.8. The van der Waals surface area contributed by atoms with E-state index in [-0.39, 0.29) is 35.3 Å². The molecule has 2 aromatic carbocycles. The van der Waals surface area contributed by atoms with Crippen molar-refractivity contribution in [2.45, 2.75) is 62.2 Å². The van der Waals surface area contributed by atoms with E-state index < -0.39 is 27.3 Å². The minimum Gasteiger partial charge on any atom is -0.490 e. The molecule has 4 aliphatic rings. The molecule has 232 valence electrons. The Morgan fingerprint density at radius 3 is 2.81 bits per heavy atom. The molecule has 8 nitrogen and oxygen atoms in total. The number of allylic oxidation sites excluding steroid dienone is 1. The van der Waals surface area contributed by atoms with Crippen molar-refractivity contribution in [2.24, 2.45) is 17.8 Å². The van der Waals surface area contributed by atoms with E-state index >= 15 is 0 Å². The Morgan fingerprint density at radius 2 is 2.05 bits per heavy atom. The third-order valence-corrected chi connectivity index (χ3v) is 12.2. The van der Waals surface area contributed by atoms with Crippen LogP contribution in [0.1, 0.15) is 60.5 Å². The van der Waals surface area contributed by atoms with Crippen LogP contribution >= 0.6 is 11.6 Å². The number of aliphatic hydroxyl groups is 1. The molecule has 2 bridgehead atoms. The van der Waals surface area contributed by atoms with Crippen LogP contribution in [0.4, 0.5) is 5.69 Å². The third kappa shape index (κ3) is 5.93. The third-order valence-electron chi connectivity index (χ3n) is 10.1. The van der Waals surface area contributed by atoms with Crippen LogP contribution in [0.3, 0.4) is 0 Å². The fourth-order valence-electron chi connectivity index (χ4n) is 7.52. The topological polar surface area (TPSA) is 105 Å². The summed E-state index contributed by atoms with van der Waals surface area (Å²) < 4.78 is 41.0. The predicted molar refractivity (Wildman–Crippen MR) is 167 cm³/mol. The van der Waals surface area contributed by atoms with Gasteiger partial charge in [-0.1, -0.05) is 36.7 Å². The van der Waals surface area contributed by atoms with Crippen LogP contribution in [-0.2, 0) is 26.6 Å². The molecule has 10 heteroatoms. The van der Waals surface area contributed by atoms with Crippen molar-refractivity contribution in [1.82, 2.24) is 4.72 Å². The lowest BCUT2D eigenvalue weighted by Gasteiger charge is -2.45. The molecule has 1 fully saturated rings. The number of ether oxygens (including phenoxy) is 2. The Kier molecular flexibility index (Phi) is 8.54. The van der Waals surface area contributed by atoms with Gasteiger partial charge >= 0.3 is 0 Å². The van der Waals surface area contributed by atoms with Crippen LogP contribution in [0.15, 0.2) is 48.6 Å².